The minimum absolute atomic E-state index is 0.0497. The molecule has 8 heteroatoms. The van der Waals surface area contributed by atoms with Crippen LogP contribution < -0.4 is 4.31 Å². The van der Waals surface area contributed by atoms with Crippen molar-refractivity contribution in [3.05, 3.63) is 11.9 Å². The molecular formula is C10H17N4O3S-. The van der Waals surface area contributed by atoms with E-state index in [2.05, 4.69) is 16.9 Å². The standard InChI is InChI=1S/C10H18N4O3S/c1-8-6-13-10(7-12(8)2)9(5-11-13)14(3-4-15)18(16)17/h5,8,15H,3-4,6-7H2,1-2H3,(H,16,17)/p-1/t8-/m0/s1. The van der Waals surface area contributed by atoms with Crippen molar-refractivity contribution < 1.29 is 13.9 Å². The van der Waals surface area contributed by atoms with E-state index in [4.69, 9.17) is 5.11 Å². The van der Waals surface area contributed by atoms with Gasteiger partial charge >= 0.3 is 0 Å². The van der Waals surface area contributed by atoms with Crippen molar-refractivity contribution in [3.8, 4) is 0 Å². The van der Waals surface area contributed by atoms with Gasteiger partial charge in [-0.3, -0.25) is 18.1 Å². The molecule has 0 spiro atoms. The summed E-state index contributed by atoms with van der Waals surface area (Å²) in [5.41, 5.74) is 1.42. The van der Waals surface area contributed by atoms with Gasteiger partial charge in [-0.25, -0.2) is 0 Å². The highest BCUT2D eigenvalue weighted by atomic mass is 32.2. The molecule has 0 aromatic carbocycles. The molecule has 1 aromatic heterocycles. The summed E-state index contributed by atoms with van der Waals surface area (Å²) in [6.07, 6.45) is 1.55. The molecule has 0 saturated heterocycles. The van der Waals surface area contributed by atoms with E-state index in [1.165, 1.54) is 0 Å². The number of likely N-dealkylation sites (N-methyl/N-ethyl adjacent to an activating group) is 1. The Balaban J connectivity index is 2.33. The molecule has 1 aromatic rings. The van der Waals surface area contributed by atoms with Crippen molar-refractivity contribution in [2.75, 3.05) is 24.5 Å². The van der Waals surface area contributed by atoms with Gasteiger partial charge < -0.3 is 9.66 Å². The van der Waals surface area contributed by atoms with Crippen LogP contribution in [-0.2, 0) is 24.4 Å². The van der Waals surface area contributed by atoms with E-state index < -0.39 is 11.3 Å². The van der Waals surface area contributed by atoms with E-state index in [0.29, 0.717) is 18.3 Å². The number of rotatable bonds is 4. The molecule has 7 nitrogen and oxygen atoms in total. The maximum absolute atomic E-state index is 11.2. The van der Waals surface area contributed by atoms with Crippen molar-refractivity contribution in [2.45, 2.75) is 26.1 Å². The van der Waals surface area contributed by atoms with Crippen LogP contribution in [0, 0.1) is 0 Å². The maximum atomic E-state index is 11.2. The number of aromatic nitrogens is 2. The summed E-state index contributed by atoms with van der Waals surface area (Å²) in [4.78, 5) is 2.14. The zero-order valence-electron chi connectivity index (χ0n) is 10.4. The molecule has 0 bridgehead atoms. The summed E-state index contributed by atoms with van der Waals surface area (Å²) >= 11 is -2.40. The Bertz CT molecular complexity index is 450. The second kappa shape index (κ2) is 5.35. The number of hydrogen-bond acceptors (Lipinski definition) is 5. The molecule has 102 valence electrons. The minimum Gasteiger partial charge on any atom is -0.755 e. The van der Waals surface area contributed by atoms with Gasteiger partial charge in [0, 0.05) is 23.9 Å². The summed E-state index contributed by atoms with van der Waals surface area (Å²) in [5, 5.41) is 13.2. The minimum atomic E-state index is -2.40. The molecular weight excluding hydrogens is 256 g/mol. The fraction of sp³-hybridized carbons (Fsp3) is 0.700. The highest BCUT2D eigenvalue weighted by Gasteiger charge is 2.25. The molecule has 2 atom stereocenters. The van der Waals surface area contributed by atoms with Crippen molar-refractivity contribution in [1.82, 2.24) is 14.7 Å². The Kier molecular flexibility index (Phi) is 4.00. The average molecular weight is 273 g/mol. The lowest BCUT2D eigenvalue weighted by molar-refractivity contribution is 0.183. The topological polar surface area (TPSA) is 84.7 Å². The van der Waals surface area contributed by atoms with Gasteiger partial charge in [0.15, 0.2) is 0 Å². The molecule has 18 heavy (non-hydrogen) atoms. The van der Waals surface area contributed by atoms with Crippen LogP contribution in [-0.4, -0.2) is 54.8 Å². The molecule has 0 amide bonds. The molecule has 1 unspecified atom stereocenters. The lowest BCUT2D eigenvalue weighted by Gasteiger charge is -2.33. The Morgan fingerprint density at radius 3 is 3.06 bits per heavy atom. The van der Waals surface area contributed by atoms with Gasteiger partial charge in [-0.05, 0) is 14.0 Å². The van der Waals surface area contributed by atoms with Crippen LogP contribution in [0.2, 0.25) is 0 Å². The van der Waals surface area contributed by atoms with Gasteiger partial charge in [-0.15, -0.1) is 0 Å². The van der Waals surface area contributed by atoms with E-state index in [-0.39, 0.29) is 13.2 Å². The molecule has 1 aliphatic heterocycles. The van der Waals surface area contributed by atoms with E-state index in [1.807, 2.05) is 11.7 Å². The fourth-order valence-electron chi connectivity index (χ4n) is 2.08. The Hall–Kier alpha value is -0.960. The molecule has 0 saturated carbocycles. The lowest BCUT2D eigenvalue weighted by Crippen LogP contribution is -2.39. The highest BCUT2D eigenvalue weighted by Crippen LogP contribution is 2.26. The first-order valence-electron chi connectivity index (χ1n) is 5.77. The first kappa shape index (κ1) is 13.5. The van der Waals surface area contributed by atoms with Crippen molar-refractivity contribution in [1.29, 1.82) is 0 Å². The normalized spacial score (nSPS) is 21.7. The second-order valence-corrected chi connectivity index (χ2v) is 5.34. The number of aliphatic hydroxyl groups excluding tert-OH is 1. The number of hydrogen-bond donors (Lipinski definition) is 1. The Labute approximate surface area is 108 Å². The van der Waals surface area contributed by atoms with Crippen LogP contribution in [0.3, 0.4) is 0 Å². The van der Waals surface area contributed by atoms with Crippen LogP contribution >= 0.6 is 0 Å². The zero-order chi connectivity index (χ0) is 13.3. The highest BCUT2D eigenvalue weighted by molar-refractivity contribution is 7.80. The zero-order valence-corrected chi connectivity index (χ0v) is 11.3. The van der Waals surface area contributed by atoms with Gasteiger partial charge in [0.1, 0.15) is 0 Å². The largest absolute Gasteiger partial charge is 0.755 e. The van der Waals surface area contributed by atoms with Gasteiger partial charge in [-0.1, -0.05) is 0 Å². The van der Waals surface area contributed by atoms with Crippen molar-refractivity contribution in [3.63, 3.8) is 0 Å². The van der Waals surface area contributed by atoms with Crippen molar-refractivity contribution in [2.24, 2.45) is 0 Å². The summed E-state index contributed by atoms with van der Waals surface area (Å²) in [7, 11) is 2.00. The monoisotopic (exact) mass is 273 g/mol. The summed E-state index contributed by atoms with van der Waals surface area (Å²) < 4.78 is 25.3. The molecule has 2 rings (SSSR count). The van der Waals surface area contributed by atoms with E-state index in [1.54, 1.807) is 6.20 Å². The van der Waals surface area contributed by atoms with Crippen LogP contribution in [0.4, 0.5) is 5.69 Å². The van der Waals surface area contributed by atoms with Crippen LogP contribution in [0.5, 0.6) is 0 Å². The third-order valence-corrected chi connectivity index (χ3v) is 4.01. The van der Waals surface area contributed by atoms with Crippen LogP contribution in [0.25, 0.3) is 0 Å². The van der Waals surface area contributed by atoms with Gasteiger partial charge in [0.2, 0.25) is 0 Å². The predicted octanol–water partition coefficient (Wildman–Crippen LogP) is -0.690. The number of fused-ring (bicyclic) bond motifs is 1. The third kappa shape index (κ3) is 2.41. The smallest absolute Gasteiger partial charge is 0.0908 e. The summed E-state index contributed by atoms with van der Waals surface area (Å²) in [5.74, 6) is 0. The number of aliphatic hydroxyl groups is 1. The van der Waals surface area contributed by atoms with E-state index >= 15 is 0 Å². The Morgan fingerprint density at radius 2 is 2.44 bits per heavy atom. The second-order valence-electron chi connectivity index (χ2n) is 4.47. The van der Waals surface area contributed by atoms with E-state index in [0.717, 1.165) is 16.5 Å². The SMILES string of the molecule is C[C@H]1Cn2ncc(N(CCO)S(=O)[O-])c2CN1C. The quantitative estimate of drug-likeness (QED) is 0.734. The van der Waals surface area contributed by atoms with Gasteiger partial charge in [-0.2, -0.15) is 5.10 Å². The number of nitrogens with zero attached hydrogens (tertiary/aromatic N) is 4. The maximum Gasteiger partial charge on any atom is 0.0908 e. The van der Waals surface area contributed by atoms with Crippen LogP contribution in [0.1, 0.15) is 12.6 Å². The van der Waals surface area contributed by atoms with Gasteiger partial charge in [0.05, 0.1) is 37.3 Å². The number of anilines is 1. The first-order valence-corrected chi connectivity index (χ1v) is 6.80. The summed E-state index contributed by atoms with van der Waals surface area (Å²) in [6, 6.07) is 0.370. The molecule has 0 aliphatic carbocycles. The lowest BCUT2D eigenvalue weighted by atomic mass is 10.2. The molecule has 0 fully saturated rings. The molecule has 1 N–H and O–H groups in total. The summed E-state index contributed by atoms with van der Waals surface area (Å²) in [6.45, 7) is 3.32. The van der Waals surface area contributed by atoms with Crippen molar-refractivity contribution >= 4 is 17.0 Å². The van der Waals surface area contributed by atoms with Gasteiger partial charge in [0.25, 0.3) is 0 Å². The average Bonchev–Trinajstić information content (AvgIpc) is 2.69. The Morgan fingerprint density at radius 1 is 1.72 bits per heavy atom. The third-order valence-electron chi connectivity index (χ3n) is 3.27. The first-order chi connectivity index (χ1) is 8.54. The van der Waals surface area contributed by atoms with E-state index in [9.17, 15) is 8.76 Å². The molecule has 2 heterocycles. The molecule has 1 aliphatic rings. The molecule has 0 radical (unpaired) electrons. The predicted molar refractivity (Wildman–Crippen MR) is 66.5 cm³/mol. The van der Waals surface area contributed by atoms with Crippen LogP contribution in [0.15, 0.2) is 6.20 Å². The fourth-order valence-corrected chi connectivity index (χ4v) is 2.62.